The molecule has 0 aliphatic heterocycles. The van der Waals surface area contributed by atoms with Crippen molar-refractivity contribution in [2.75, 3.05) is 0 Å². The van der Waals surface area contributed by atoms with Crippen molar-refractivity contribution in [2.45, 2.75) is 19.8 Å². The van der Waals surface area contributed by atoms with E-state index in [2.05, 4.69) is 72.8 Å². The zero-order valence-electron chi connectivity index (χ0n) is 14.3. The predicted octanol–water partition coefficient (Wildman–Crippen LogP) is 6.18. The van der Waals surface area contributed by atoms with Gasteiger partial charge in [-0.2, -0.15) is 0 Å². The number of carbonyl (C=O) groups is 1. The number of rotatable bonds is 4. The van der Waals surface area contributed by atoms with E-state index in [9.17, 15) is 4.79 Å². The van der Waals surface area contributed by atoms with E-state index in [0.29, 0.717) is 12.8 Å². The lowest BCUT2D eigenvalue weighted by molar-refractivity contribution is -0.118. The largest absolute Gasteiger partial charge is 0.299 e. The Kier molecular flexibility index (Phi) is 4.07. The smallest absolute Gasteiger partial charge is 0.137 e. The number of fused-ring (bicyclic) bond motifs is 2. The van der Waals surface area contributed by atoms with E-state index >= 15 is 0 Å². The maximum atomic E-state index is 12.2. The van der Waals surface area contributed by atoms with E-state index in [1.165, 1.54) is 32.7 Å². The van der Waals surface area contributed by atoms with Gasteiger partial charge >= 0.3 is 0 Å². The van der Waals surface area contributed by atoms with Gasteiger partial charge in [0.2, 0.25) is 0 Å². The number of Topliss-reactive ketones (excluding diaryl/α,β-unsaturated/α-hetero) is 1. The van der Waals surface area contributed by atoms with Gasteiger partial charge in [-0.3, -0.25) is 4.79 Å². The van der Waals surface area contributed by atoms with Crippen LogP contribution < -0.4 is 0 Å². The summed E-state index contributed by atoms with van der Waals surface area (Å²) in [6.07, 6.45) is 1.07. The Morgan fingerprint density at radius 2 is 1.16 bits per heavy atom. The van der Waals surface area contributed by atoms with Crippen LogP contribution in [-0.4, -0.2) is 5.78 Å². The molecular weight excluding hydrogens is 304 g/mol. The zero-order valence-corrected chi connectivity index (χ0v) is 14.3. The quantitative estimate of drug-likeness (QED) is 0.410. The van der Waals surface area contributed by atoms with Gasteiger partial charge in [-0.15, -0.1) is 0 Å². The summed E-state index contributed by atoms with van der Waals surface area (Å²) in [5.41, 5.74) is 3.61. The number of benzene rings is 4. The highest BCUT2D eigenvalue weighted by atomic mass is 16.1. The monoisotopic (exact) mass is 324 g/mol. The molecule has 4 rings (SSSR count). The first-order valence-electron chi connectivity index (χ1n) is 8.79. The molecule has 0 amide bonds. The molecular formula is C24H20O. The molecule has 4 aromatic carbocycles. The first-order chi connectivity index (χ1) is 12.3. The molecule has 0 fully saturated rings. The highest BCUT2D eigenvalue weighted by molar-refractivity contribution is 6.15. The Labute approximate surface area is 147 Å². The molecule has 0 N–H and O–H groups in total. The number of hydrogen-bond acceptors (Lipinski definition) is 1. The zero-order chi connectivity index (χ0) is 17.2. The maximum Gasteiger partial charge on any atom is 0.137 e. The third-order valence-corrected chi connectivity index (χ3v) is 4.87. The number of hydrogen-bond donors (Lipinski definition) is 0. The summed E-state index contributed by atoms with van der Waals surface area (Å²) >= 11 is 0. The molecule has 0 bridgehead atoms. The summed E-state index contributed by atoms with van der Waals surface area (Å²) in [7, 11) is 0. The van der Waals surface area contributed by atoms with Crippen LogP contribution >= 0.6 is 0 Å². The van der Waals surface area contributed by atoms with E-state index < -0.39 is 0 Å². The van der Waals surface area contributed by atoms with Crippen LogP contribution in [0.2, 0.25) is 0 Å². The standard InChI is InChI=1S/C24H20O/c1-2-18(25)16-23-19-12-6-8-14-21(19)24(17-10-4-3-5-11-17)22-15-9-7-13-20(22)23/h3-15H,2,16H2,1H3. The summed E-state index contributed by atoms with van der Waals surface area (Å²) in [6, 6.07) is 27.4. The second-order valence-electron chi connectivity index (χ2n) is 6.38. The minimum Gasteiger partial charge on any atom is -0.299 e. The van der Waals surface area contributed by atoms with Gasteiger partial charge in [0, 0.05) is 12.8 Å². The van der Waals surface area contributed by atoms with Crippen LogP contribution in [0.3, 0.4) is 0 Å². The fourth-order valence-corrected chi connectivity index (χ4v) is 3.65. The van der Waals surface area contributed by atoms with Crippen molar-refractivity contribution in [3.05, 3.63) is 84.4 Å². The number of carbonyl (C=O) groups excluding carboxylic acids is 1. The highest BCUT2D eigenvalue weighted by Gasteiger charge is 2.16. The first-order valence-corrected chi connectivity index (χ1v) is 8.79. The molecule has 0 aliphatic rings. The van der Waals surface area contributed by atoms with Crippen molar-refractivity contribution in [1.29, 1.82) is 0 Å². The van der Waals surface area contributed by atoms with Crippen LogP contribution in [0.5, 0.6) is 0 Å². The van der Waals surface area contributed by atoms with Crippen LogP contribution in [0.15, 0.2) is 78.9 Å². The SMILES string of the molecule is CCC(=O)Cc1c2ccccc2c(-c2ccccc2)c2ccccc12. The van der Waals surface area contributed by atoms with Crippen molar-refractivity contribution in [3.8, 4) is 11.1 Å². The van der Waals surface area contributed by atoms with Gasteiger partial charge in [-0.05, 0) is 38.2 Å². The van der Waals surface area contributed by atoms with Crippen LogP contribution in [-0.2, 0) is 11.2 Å². The molecule has 0 spiro atoms. The minimum atomic E-state index is 0.280. The fourth-order valence-electron chi connectivity index (χ4n) is 3.65. The first kappa shape index (κ1) is 15.6. The van der Waals surface area contributed by atoms with Crippen molar-refractivity contribution in [3.63, 3.8) is 0 Å². The topological polar surface area (TPSA) is 17.1 Å². The summed E-state index contributed by atoms with van der Waals surface area (Å²) in [4.78, 5) is 12.2. The number of ketones is 1. The van der Waals surface area contributed by atoms with Crippen LogP contribution in [0.25, 0.3) is 32.7 Å². The molecule has 4 aromatic rings. The molecule has 0 unspecified atom stereocenters. The Morgan fingerprint density at radius 3 is 1.68 bits per heavy atom. The van der Waals surface area contributed by atoms with Crippen LogP contribution in [0.1, 0.15) is 18.9 Å². The molecule has 0 saturated carbocycles. The van der Waals surface area contributed by atoms with Crippen LogP contribution in [0.4, 0.5) is 0 Å². The third-order valence-electron chi connectivity index (χ3n) is 4.87. The van der Waals surface area contributed by atoms with Gasteiger partial charge in [0.25, 0.3) is 0 Å². The van der Waals surface area contributed by atoms with E-state index in [0.717, 1.165) is 5.56 Å². The molecule has 1 heteroatoms. The van der Waals surface area contributed by atoms with Gasteiger partial charge in [0.1, 0.15) is 5.78 Å². The summed E-state index contributed by atoms with van der Waals surface area (Å²) in [5.74, 6) is 0.280. The molecule has 1 nitrogen and oxygen atoms in total. The van der Waals surface area contributed by atoms with Gasteiger partial charge in [-0.1, -0.05) is 85.8 Å². The summed E-state index contributed by atoms with van der Waals surface area (Å²) < 4.78 is 0. The minimum absolute atomic E-state index is 0.280. The van der Waals surface area contributed by atoms with Crippen LogP contribution in [0, 0.1) is 0 Å². The molecule has 0 atom stereocenters. The molecule has 122 valence electrons. The Bertz CT molecular complexity index is 1000. The molecule has 0 aliphatic carbocycles. The van der Waals surface area contributed by atoms with Crippen molar-refractivity contribution >= 4 is 27.3 Å². The summed E-state index contributed by atoms with van der Waals surface area (Å²) in [5, 5.41) is 4.79. The Hall–Kier alpha value is -2.93. The average Bonchev–Trinajstić information content (AvgIpc) is 2.68. The molecule has 0 radical (unpaired) electrons. The lowest BCUT2D eigenvalue weighted by atomic mass is 9.87. The average molecular weight is 324 g/mol. The van der Waals surface area contributed by atoms with E-state index in [-0.39, 0.29) is 5.78 Å². The second-order valence-corrected chi connectivity index (χ2v) is 6.38. The van der Waals surface area contributed by atoms with Gasteiger partial charge in [0.05, 0.1) is 0 Å². The van der Waals surface area contributed by atoms with Gasteiger partial charge in [-0.25, -0.2) is 0 Å². The Balaban J connectivity index is 2.16. The summed E-state index contributed by atoms with van der Waals surface area (Å²) in [6.45, 7) is 1.94. The highest BCUT2D eigenvalue weighted by Crippen LogP contribution is 2.39. The van der Waals surface area contributed by atoms with Crippen molar-refractivity contribution in [1.82, 2.24) is 0 Å². The van der Waals surface area contributed by atoms with Crippen molar-refractivity contribution in [2.24, 2.45) is 0 Å². The second kappa shape index (κ2) is 6.52. The lowest BCUT2D eigenvalue weighted by Gasteiger charge is -2.16. The van der Waals surface area contributed by atoms with Gasteiger partial charge in [0.15, 0.2) is 0 Å². The predicted molar refractivity (Wildman–Crippen MR) is 106 cm³/mol. The van der Waals surface area contributed by atoms with E-state index in [1.54, 1.807) is 0 Å². The van der Waals surface area contributed by atoms with E-state index in [4.69, 9.17) is 0 Å². The fraction of sp³-hybridized carbons (Fsp3) is 0.125. The molecule has 0 aromatic heterocycles. The Morgan fingerprint density at radius 1 is 0.680 bits per heavy atom. The maximum absolute atomic E-state index is 12.2. The molecule has 0 saturated heterocycles. The molecule has 0 heterocycles. The van der Waals surface area contributed by atoms with Gasteiger partial charge < -0.3 is 0 Å². The normalized spacial score (nSPS) is 11.1. The lowest BCUT2D eigenvalue weighted by Crippen LogP contribution is -2.03. The molecule has 25 heavy (non-hydrogen) atoms. The van der Waals surface area contributed by atoms with E-state index in [1.807, 2.05) is 13.0 Å². The van der Waals surface area contributed by atoms with Crippen molar-refractivity contribution < 1.29 is 4.79 Å². The third kappa shape index (κ3) is 2.72.